The predicted molar refractivity (Wildman–Crippen MR) is 60.8 cm³/mol. The number of nitrogens with zero attached hydrogens (tertiary/aromatic N) is 2. The summed E-state index contributed by atoms with van der Waals surface area (Å²) in [6, 6.07) is 0. The third-order valence-electron chi connectivity index (χ3n) is 2.46. The molecule has 0 aromatic carbocycles. The molecule has 2 rings (SSSR count). The van der Waals surface area contributed by atoms with Crippen LogP contribution < -0.4 is 5.32 Å². The lowest BCUT2D eigenvalue weighted by molar-refractivity contribution is -0.146. The summed E-state index contributed by atoms with van der Waals surface area (Å²) in [5, 5.41) is 21.3. The van der Waals surface area contributed by atoms with E-state index in [2.05, 4.69) is 10.5 Å². The Balaban J connectivity index is 2.14. The van der Waals surface area contributed by atoms with Crippen LogP contribution in [0.1, 0.15) is 6.42 Å². The Labute approximate surface area is 105 Å². The van der Waals surface area contributed by atoms with Gasteiger partial charge in [0, 0.05) is 0 Å². The second-order valence-electron chi connectivity index (χ2n) is 3.59. The molecule has 1 unspecified atom stereocenters. The Hall–Kier alpha value is -2.03. The molecule has 96 valence electrons. The lowest BCUT2D eigenvalue weighted by Crippen LogP contribution is -2.55. The lowest BCUT2D eigenvalue weighted by Gasteiger charge is -2.44. The lowest BCUT2D eigenvalue weighted by atomic mass is 10.1. The highest BCUT2D eigenvalue weighted by atomic mass is 32.2. The molecule has 0 radical (unpaired) electrons. The molecule has 0 saturated carbocycles. The van der Waals surface area contributed by atoms with Crippen molar-refractivity contribution in [3.05, 3.63) is 11.8 Å². The second-order valence-corrected chi connectivity index (χ2v) is 4.91. The molecule has 0 aromatic heterocycles. The summed E-state index contributed by atoms with van der Waals surface area (Å²) in [4.78, 5) is 34.6. The van der Waals surface area contributed by atoms with E-state index in [1.54, 1.807) is 0 Å². The van der Waals surface area contributed by atoms with Gasteiger partial charge in [0.2, 0.25) is 5.91 Å². The van der Waals surface area contributed by atoms with Crippen molar-refractivity contribution in [2.45, 2.75) is 17.2 Å². The Kier molecular flexibility index (Phi) is 3.24. The van der Waals surface area contributed by atoms with Gasteiger partial charge < -0.3 is 15.6 Å². The molecule has 18 heavy (non-hydrogen) atoms. The van der Waals surface area contributed by atoms with Crippen molar-refractivity contribution in [1.29, 1.82) is 0 Å². The first-order valence-corrected chi connectivity index (χ1v) is 5.87. The fourth-order valence-electron chi connectivity index (χ4n) is 1.70. The van der Waals surface area contributed by atoms with Gasteiger partial charge in [0.15, 0.2) is 0 Å². The number of hydrogen-bond acceptors (Lipinski definition) is 6. The highest BCUT2D eigenvalue weighted by Gasteiger charge is 2.45. The van der Waals surface area contributed by atoms with Crippen LogP contribution in [0.2, 0.25) is 0 Å². The number of oxime groups is 1. The molecule has 2 aliphatic rings. The summed E-state index contributed by atoms with van der Waals surface area (Å²) in [6.45, 7) is 0. The first kappa shape index (κ1) is 12.4. The molecule has 2 atom stereocenters. The van der Waals surface area contributed by atoms with Crippen LogP contribution in [-0.2, 0) is 14.4 Å². The summed E-state index contributed by atoms with van der Waals surface area (Å²) in [7, 11) is 0. The highest BCUT2D eigenvalue weighted by Crippen LogP contribution is 2.39. The molecular weight excluding hydrogens is 262 g/mol. The number of amides is 2. The molecular formula is C9H9N3O5S. The highest BCUT2D eigenvalue weighted by molar-refractivity contribution is 8.00. The molecule has 3 N–H and O–H groups in total. The minimum absolute atomic E-state index is 0.138. The second kappa shape index (κ2) is 4.69. The van der Waals surface area contributed by atoms with E-state index in [1.807, 2.05) is 0 Å². The molecule has 0 bridgehead atoms. The van der Waals surface area contributed by atoms with Crippen molar-refractivity contribution in [2.75, 3.05) is 0 Å². The maximum absolute atomic E-state index is 11.3. The van der Waals surface area contributed by atoms with E-state index in [1.165, 1.54) is 22.7 Å². The fourth-order valence-corrected chi connectivity index (χ4v) is 3.02. The zero-order chi connectivity index (χ0) is 13.3. The summed E-state index contributed by atoms with van der Waals surface area (Å²) >= 11 is 1.25. The van der Waals surface area contributed by atoms with Crippen LogP contribution in [0, 0.1) is 0 Å². The summed E-state index contributed by atoms with van der Waals surface area (Å²) < 4.78 is 0. The van der Waals surface area contributed by atoms with E-state index in [4.69, 9.17) is 10.3 Å². The summed E-state index contributed by atoms with van der Waals surface area (Å²) in [6.07, 6.45) is 2.20. The minimum Gasteiger partial charge on any atom is -0.477 e. The van der Waals surface area contributed by atoms with Crippen molar-refractivity contribution >= 4 is 35.8 Å². The number of carbonyl (C=O) groups is 3. The van der Waals surface area contributed by atoms with Crippen LogP contribution in [0.5, 0.6) is 0 Å². The summed E-state index contributed by atoms with van der Waals surface area (Å²) in [5.41, 5.74) is -0.138. The average molecular weight is 271 g/mol. The third-order valence-corrected chi connectivity index (χ3v) is 3.70. The van der Waals surface area contributed by atoms with Crippen molar-refractivity contribution in [3.63, 3.8) is 0 Å². The van der Waals surface area contributed by atoms with Gasteiger partial charge in [-0.05, 0) is 6.08 Å². The number of nitrogens with one attached hydrogen (secondary N) is 1. The number of carbonyl (C=O) groups excluding carboxylic acids is 2. The predicted octanol–water partition coefficient (Wildman–Crippen LogP) is -0.838. The van der Waals surface area contributed by atoms with E-state index in [0.717, 1.165) is 0 Å². The summed E-state index contributed by atoms with van der Waals surface area (Å²) in [5.74, 6) is -2.11. The SMILES string of the molecule is O=C(C=NO)NC1C=C(C(=O)O)N2C(=O)C[C@H]2S1. The number of hydrogen-bond donors (Lipinski definition) is 3. The van der Waals surface area contributed by atoms with Crippen LogP contribution in [0.4, 0.5) is 0 Å². The number of carboxylic acids is 1. The van der Waals surface area contributed by atoms with Gasteiger partial charge in [-0.2, -0.15) is 0 Å². The monoisotopic (exact) mass is 271 g/mol. The van der Waals surface area contributed by atoms with Crippen molar-refractivity contribution in [3.8, 4) is 0 Å². The van der Waals surface area contributed by atoms with Crippen LogP contribution in [0.25, 0.3) is 0 Å². The quantitative estimate of drug-likeness (QED) is 0.266. The third kappa shape index (κ3) is 2.16. The van der Waals surface area contributed by atoms with Gasteiger partial charge in [0.1, 0.15) is 11.9 Å². The molecule has 2 heterocycles. The van der Waals surface area contributed by atoms with E-state index in [9.17, 15) is 14.4 Å². The number of carboxylic acid groups (broad SMARTS) is 1. The van der Waals surface area contributed by atoms with Gasteiger partial charge in [-0.25, -0.2) is 4.79 Å². The molecule has 0 aromatic rings. The van der Waals surface area contributed by atoms with Crippen LogP contribution in [0.15, 0.2) is 16.9 Å². The van der Waals surface area contributed by atoms with Crippen LogP contribution in [-0.4, -0.2) is 50.0 Å². The standard InChI is InChI=1S/C9H9N3O5S/c13-5(3-10-17)11-6-1-4(9(15)16)12-7(14)2-8(12)18-6/h1,3,6,8,17H,2H2,(H,11,13)(H,15,16)/t6?,8-/m1/s1. The molecule has 2 amide bonds. The van der Waals surface area contributed by atoms with E-state index in [-0.39, 0.29) is 23.4 Å². The van der Waals surface area contributed by atoms with Crippen molar-refractivity contribution < 1.29 is 24.7 Å². The number of thioether (sulfide) groups is 1. The molecule has 8 nitrogen and oxygen atoms in total. The van der Waals surface area contributed by atoms with Gasteiger partial charge in [-0.15, -0.1) is 11.8 Å². The van der Waals surface area contributed by atoms with Crippen molar-refractivity contribution in [2.24, 2.45) is 5.16 Å². The Morgan fingerprint density at radius 3 is 2.89 bits per heavy atom. The molecule has 0 aliphatic carbocycles. The van der Waals surface area contributed by atoms with Gasteiger partial charge >= 0.3 is 5.97 Å². The number of β-lactam (4-membered cyclic amide) rings is 1. The molecule has 1 fully saturated rings. The van der Waals surface area contributed by atoms with E-state index >= 15 is 0 Å². The Morgan fingerprint density at radius 1 is 1.61 bits per heavy atom. The van der Waals surface area contributed by atoms with Crippen LogP contribution >= 0.6 is 11.8 Å². The number of aliphatic carboxylic acids is 1. The Bertz CT molecular complexity index is 475. The van der Waals surface area contributed by atoms with E-state index in [0.29, 0.717) is 6.21 Å². The molecule has 9 heteroatoms. The average Bonchev–Trinajstić information content (AvgIpc) is 2.27. The first-order valence-electron chi connectivity index (χ1n) is 4.93. The maximum Gasteiger partial charge on any atom is 0.352 e. The number of rotatable bonds is 3. The zero-order valence-corrected chi connectivity index (χ0v) is 9.75. The Morgan fingerprint density at radius 2 is 2.33 bits per heavy atom. The smallest absolute Gasteiger partial charge is 0.352 e. The minimum atomic E-state index is -1.22. The zero-order valence-electron chi connectivity index (χ0n) is 8.94. The fraction of sp³-hybridized carbons (Fsp3) is 0.333. The largest absolute Gasteiger partial charge is 0.477 e. The maximum atomic E-state index is 11.3. The number of fused-ring (bicyclic) bond motifs is 1. The molecule has 0 spiro atoms. The topological polar surface area (TPSA) is 119 Å². The van der Waals surface area contributed by atoms with Gasteiger partial charge in [0.25, 0.3) is 5.91 Å². The molecule has 1 saturated heterocycles. The van der Waals surface area contributed by atoms with Gasteiger partial charge in [-0.3, -0.25) is 14.5 Å². The molecule has 2 aliphatic heterocycles. The van der Waals surface area contributed by atoms with Gasteiger partial charge in [0.05, 0.1) is 17.2 Å². The van der Waals surface area contributed by atoms with Crippen molar-refractivity contribution in [1.82, 2.24) is 10.2 Å². The first-order chi connectivity index (χ1) is 8.52. The van der Waals surface area contributed by atoms with E-state index < -0.39 is 17.3 Å². The van der Waals surface area contributed by atoms with Crippen LogP contribution in [0.3, 0.4) is 0 Å². The van der Waals surface area contributed by atoms with Gasteiger partial charge in [-0.1, -0.05) is 5.16 Å². The normalized spacial score (nSPS) is 26.3.